The first-order valence-corrected chi connectivity index (χ1v) is 10.2. The van der Waals surface area contributed by atoms with Crippen molar-refractivity contribution >= 4 is 17.3 Å². The highest BCUT2D eigenvalue weighted by Crippen LogP contribution is 2.07. The number of aryl methyl sites for hydroxylation is 1. The molecule has 0 unspecified atom stereocenters. The highest BCUT2D eigenvalue weighted by molar-refractivity contribution is 7.80. The molecule has 0 saturated carbocycles. The van der Waals surface area contributed by atoms with Crippen molar-refractivity contribution in [2.75, 3.05) is 13.1 Å². The predicted molar refractivity (Wildman–Crippen MR) is 110 cm³/mol. The van der Waals surface area contributed by atoms with Crippen LogP contribution < -0.4 is 5.32 Å². The van der Waals surface area contributed by atoms with Crippen molar-refractivity contribution in [3.63, 3.8) is 0 Å². The molecule has 0 aliphatic carbocycles. The van der Waals surface area contributed by atoms with Crippen LogP contribution in [0.4, 0.5) is 0 Å². The number of unbranched alkanes of at least 4 members (excludes halogenated alkanes) is 6. The maximum Gasteiger partial charge on any atom is 0.169 e. The Hall–Kier alpha value is -1.09. The van der Waals surface area contributed by atoms with Gasteiger partial charge in [-0.15, -0.1) is 0 Å². The average molecular weight is 349 g/mol. The van der Waals surface area contributed by atoms with Gasteiger partial charge in [-0.05, 0) is 37.5 Å². The first-order valence-electron chi connectivity index (χ1n) is 9.75. The Balaban J connectivity index is 2.42. The van der Waals surface area contributed by atoms with Crippen molar-refractivity contribution in [1.82, 2.24) is 10.2 Å². The molecule has 0 aliphatic heterocycles. The molecule has 136 valence electrons. The minimum absolute atomic E-state index is 0.819. The Morgan fingerprint density at radius 1 is 0.875 bits per heavy atom. The van der Waals surface area contributed by atoms with Gasteiger partial charge in [0.2, 0.25) is 0 Å². The molecule has 1 aromatic rings. The van der Waals surface area contributed by atoms with E-state index in [1.165, 1.54) is 62.5 Å². The van der Waals surface area contributed by atoms with E-state index in [1.807, 2.05) is 0 Å². The average Bonchev–Trinajstić information content (AvgIpc) is 2.59. The number of thiocarbonyl (C=S) groups is 1. The van der Waals surface area contributed by atoms with Gasteiger partial charge < -0.3 is 10.2 Å². The summed E-state index contributed by atoms with van der Waals surface area (Å²) in [5.74, 6) is 0. The fourth-order valence-electron chi connectivity index (χ4n) is 2.77. The van der Waals surface area contributed by atoms with E-state index in [-0.39, 0.29) is 0 Å². The molecule has 0 bridgehead atoms. The van der Waals surface area contributed by atoms with E-state index in [0.29, 0.717) is 0 Å². The molecule has 1 aromatic carbocycles. The molecular formula is C21H36N2S. The van der Waals surface area contributed by atoms with E-state index >= 15 is 0 Å². The van der Waals surface area contributed by atoms with Gasteiger partial charge in [-0.3, -0.25) is 0 Å². The lowest BCUT2D eigenvalue weighted by atomic mass is 10.1. The molecule has 1 rings (SSSR count). The number of nitrogens with zero attached hydrogens (tertiary/aromatic N) is 1. The van der Waals surface area contributed by atoms with Crippen molar-refractivity contribution < 1.29 is 0 Å². The van der Waals surface area contributed by atoms with Gasteiger partial charge in [-0.2, -0.15) is 0 Å². The lowest BCUT2D eigenvalue weighted by Crippen LogP contribution is -2.40. The minimum atomic E-state index is 0.819. The Bertz CT molecular complexity index is 430. The van der Waals surface area contributed by atoms with Crippen LogP contribution in [-0.2, 0) is 6.54 Å². The summed E-state index contributed by atoms with van der Waals surface area (Å²) in [7, 11) is 0. The molecule has 0 saturated heterocycles. The number of nitrogens with one attached hydrogen (secondary N) is 1. The Labute approximate surface area is 155 Å². The van der Waals surface area contributed by atoms with Crippen molar-refractivity contribution in [3.8, 4) is 0 Å². The summed E-state index contributed by atoms with van der Waals surface area (Å²) in [6.07, 6.45) is 10.3. The largest absolute Gasteiger partial charge is 0.358 e. The van der Waals surface area contributed by atoms with Crippen molar-refractivity contribution in [2.24, 2.45) is 0 Å². The van der Waals surface area contributed by atoms with Gasteiger partial charge in [0.05, 0.1) is 0 Å². The van der Waals surface area contributed by atoms with Crippen LogP contribution in [0.25, 0.3) is 0 Å². The Morgan fingerprint density at radius 3 is 1.92 bits per heavy atom. The van der Waals surface area contributed by atoms with E-state index in [4.69, 9.17) is 12.2 Å². The second-order valence-corrected chi connectivity index (χ2v) is 7.14. The van der Waals surface area contributed by atoms with Crippen LogP contribution >= 0.6 is 12.2 Å². The zero-order valence-electron chi connectivity index (χ0n) is 15.9. The summed E-state index contributed by atoms with van der Waals surface area (Å²) in [4.78, 5) is 2.38. The van der Waals surface area contributed by atoms with Gasteiger partial charge >= 0.3 is 0 Å². The summed E-state index contributed by atoms with van der Waals surface area (Å²) in [6, 6.07) is 8.68. The third kappa shape index (κ3) is 9.27. The van der Waals surface area contributed by atoms with Gasteiger partial charge in [0.1, 0.15) is 0 Å². The topological polar surface area (TPSA) is 15.3 Å². The molecule has 0 heterocycles. The van der Waals surface area contributed by atoms with Crippen molar-refractivity contribution in [3.05, 3.63) is 35.4 Å². The summed E-state index contributed by atoms with van der Waals surface area (Å²) >= 11 is 5.67. The lowest BCUT2D eigenvalue weighted by Gasteiger charge is -2.26. The van der Waals surface area contributed by atoms with Crippen molar-refractivity contribution in [2.45, 2.75) is 78.7 Å². The summed E-state index contributed by atoms with van der Waals surface area (Å²) in [6.45, 7) is 9.64. The van der Waals surface area contributed by atoms with Gasteiger partial charge in [-0.25, -0.2) is 0 Å². The molecule has 2 nitrogen and oxygen atoms in total. The smallest absolute Gasteiger partial charge is 0.169 e. The monoisotopic (exact) mass is 348 g/mol. The van der Waals surface area contributed by atoms with E-state index in [9.17, 15) is 0 Å². The van der Waals surface area contributed by atoms with Crippen LogP contribution in [0, 0.1) is 6.92 Å². The first-order chi connectivity index (χ1) is 11.7. The maximum absolute atomic E-state index is 5.67. The van der Waals surface area contributed by atoms with Crippen LogP contribution in [0.15, 0.2) is 24.3 Å². The zero-order chi connectivity index (χ0) is 17.6. The molecule has 0 fully saturated rings. The molecule has 0 radical (unpaired) electrons. The summed E-state index contributed by atoms with van der Waals surface area (Å²) in [5, 5.41) is 4.38. The van der Waals surface area contributed by atoms with E-state index in [2.05, 4.69) is 55.3 Å². The van der Waals surface area contributed by atoms with Gasteiger partial charge in [0.15, 0.2) is 5.11 Å². The molecule has 0 amide bonds. The molecule has 0 atom stereocenters. The minimum Gasteiger partial charge on any atom is -0.358 e. The first kappa shape index (κ1) is 21.0. The maximum atomic E-state index is 5.67. The van der Waals surface area contributed by atoms with Gasteiger partial charge in [0.25, 0.3) is 0 Å². The highest BCUT2D eigenvalue weighted by atomic mass is 32.1. The second-order valence-electron chi connectivity index (χ2n) is 6.75. The standard InChI is InChI=1S/C21H36N2S/c1-4-6-8-10-16-23(17-11-9-7-5-2)21(24)22-18-20-14-12-19(3)13-15-20/h12-15H,4-11,16-18H2,1-3H3,(H,22,24). The summed E-state index contributed by atoms with van der Waals surface area (Å²) in [5.41, 5.74) is 2.59. The number of hydrogen-bond donors (Lipinski definition) is 1. The molecule has 0 aromatic heterocycles. The fraction of sp³-hybridized carbons (Fsp3) is 0.667. The van der Waals surface area contributed by atoms with Crippen LogP contribution in [0.3, 0.4) is 0 Å². The number of hydrogen-bond acceptors (Lipinski definition) is 1. The molecule has 1 N–H and O–H groups in total. The van der Waals surface area contributed by atoms with Crippen LogP contribution in [0.2, 0.25) is 0 Å². The van der Waals surface area contributed by atoms with E-state index in [0.717, 1.165) is 24.7 Å². The highest BCUT2D eigenvalue weighted by Gasteiger charge is 2.09. The van der Waals surface area contributed by atoms with E-state index in [1.54, 1.807) is 0 Å². The summed E-state index contributed by atoms with van der Waals surface area (Å²) < 4.78 is 0. The molecule has 3 heteroatoms. The van der Waals surface area contributed by atoms with Crippen LogP contribution in [-0.4, -0.2) is 23.1 Å². The Kier molecular flexibility index (Phi) is 11.5. The normalized spacial score (nSPS) is 10.6. The Morgan fingerprint density at radius 2 is 1.42 bits per heavy atom. The predicted octanol–water partition coefficient (Wildman–Crippen LogP) is 5.83. The molecule has 0 spiro atoms. The molecule has 24 heavy (non-hydrogen) atoms. The second kappa shape index (κ2) is 13.2. The third-order valence-electron chi connectivity index (χ3n) is 4.41. The molecular weight excluding hydrogens is 312 g/mol. The van der Waals surface area contributed by atoms with Crippen LogP contribution in [0.5, 0.6) is 0 Å². The third-order valence-corrected chi connectivity index (χ3v) is 4.82. The van der Waals surface area contributed by atoms with Crippen molar-refractivity contribution in [1.29, 1.82) is 0 Å². The van der Waals surface area contributed by atoms with Gasteiger partial charge in [-0.1, -0.05) is 82.2 Å². The van der Waals surface area contributed by atoms with Gasteiger partial charge in [0, 0.05) is 19.6 Å². The number of rotatable bonds is 12. The quantitative estimate of drug-likeness (QED) is 0.378. The lowest BCUT2D eigenvalue weighted by molar-refractivity contribution is 0.381. The number of benzene rings is 1. The van der Waals surface area contributed by atoms with Crippen LogP contribution in [0.1, 0.15) is 76.3 Å². The molecule has 0 aliphatic rings. The fourth-order valence-corrected chi connectivity index (χ4v) is 3.02. The van der Waals surface area contributed by atoms with E-state index < -0.39 is 0 Å². The zero-order valence-corrected chi connectivity index (χ0v) is 16.8. The SMILES string of the molecule is CCCCCCN(CCCCCC)C(=S)NCc1ccc(C)cc1.